The zero-order valence-electron chi connectivity index (χ0n) is 15.9. The van der Waals surface area contributed by atoms with Gasteiger partial charge in [0.2, 0.25) is 0 Å². The number of carbonyl (C=O) groups is 1. The molecule has 2 amide bonds. The number of carbonyl (C=O) groups excluding carboxylic acids is 1. The van der Waals surface area contributed by atoms with Gasteiger partial charge in [-0.2, -0.15) is 0 Å². The van der Waals surface area contributed by atoms with E-state index in [2.05, 4.69) is 19.9 Å². The molecule has 1 aliphatic carbocycles. The van der Waals surface area contributed by atoms with Crippen molar-refractivity contribution in [2.24, 2.45) is 0 Å². The molecule has 0 radical (unpaired) electrons. The fourth-order valence-corrected chi connectivity index (χ4v) is 4.38. The van der Waals surface area contributed by atoms with Gasteiger partial charge in [-0.25, -0.2) is 9.78 Å². The fourth-order valence-electron chi connectivity index (χ4n) is 4.38. The average molecular weight is 367 g/mol. The number of nitrogens with one attached hydrogen (secondary N) is 1. The van der Waals surface area contributed by atoms with E-state index in [4.69, 9.17) is 0 Å². The first-order valence-corrected chi connectivity index (χ1v) is 10.2. The van der Waals surface area contributed by atoms with Crippen LogP contribution in [-0.2, 0) is 6.54 Å². The molecule has 1 atom stereocenters. The number of aromatic nitrogens is 3. The molecular weight excluding hydrogens is 338 g/mol. The van der Waals surface area contributed by atoms with E-state index in [1.54, 1.807) is 0 Å². The highest BCUT2D eigenvalue weighted by molar-refractivity contribution is 5.74. The second kappa shape index (κ2) is 8.55. The molecule has 144 valence electrons. The number of pyridine rings is 1. The van der Waals surface area contributed by atoms with Crippen LogP contribution in [0.15, 0.2) is 36.9 Å². The van der Waals surface area contributed by atoms with Crippen LogP contribution in [0.25, 0.3) is 0 Å². The molecule has 6 nitrogen and oxygen atoms in total. The Balaban J connectivity index is 1.39. The van der Waals surface area contributed by atoms with E-state index in [0.717, 1.165) is 51.1 Å². The van der Waals surface area contributed by atoms with E-state index in [-0.39, 0.29) is 6.03 Å². The summed E-state index contributed by atoms with van der Waals surface area (Å²) in [4.78, 5) is 23.5. The van der Waals surface area contributed by atoms with Crippen LogP contribution in [-0.4, -0.2) is 44.6 Å². The molecule has 0 bridgehead atoms. The van der Waals surface area contributed by atoms with Gasteiger partial charge in [-0.05, 0) is 43.4 Å². The molecule has 0 unspecified atom stereocenters. The highest BCUT2D eigenvalue weighted by atomic mass is 16.2. The van der Waals surface area contributed by atoms with Crippen molar-refractivity contribution < 1.29 is 4.79 Å². The van der Waals surface area contributed by atoms with Gasteiger partial charge in [0.15, 0.2) is 0 Å². The predicted octanol–water partition coefficient (Wildman–Crippen LogP) is 3.55. The Morgan fingerprint density at radius 3 is 2.70 bits per heavy atom. The second-order valence-electron chi connectivity index (χ2n) is 7.84. The topological polar surface area (TPSA) is 63.1 Å². The lowest BCUT2D eigenvalue weighted by molar-refractivity contribution is 0.171. The van der Waals surface area contributed by atoms with Gasteiger partial charge < -0.3 is 14.8 Å². The number of likely N-dealkylation sites (tertiary alicyclic amines) is 1. The number of hydrogen-bond acceptors (Lipinski definition) is 3. The van der Waals surface area contributed by atoms with Gasteiger partial charge in [0.05, 0.1) is 0 Å². The van der Waals surface area contributed by atoms with E-state index >= 15 is 0 Å². The third-order valence-corrected chi connectivity index (χ3v) is 5.86. The van der Waals surface area contributed by atoms with Crippen LogP contribution in [0.4, 0.5) is 4.79 Å². The number of amides is 2. The van der Waals surface area contributed by atoms with Crippen molar-refractivity contribution in [2.45, 2.75) is 63.5 Å². The SMILES string of the molecule is O=C(NC1CCCCC1)N1CCC[C@H](c2nccn2Cc2ccncc2)C1. The first-order chi connectivity index (χ1) is 13.3. The van der Waals surface area contributed by atoms with Crippen molar-refractivity contribution in [1.29, 1.82) is 0 Å². The van der Waals surface area contributed by atoms with Gasteiger partial charge in [-0.1, -0.05) is 19.3 Å². The first kappa shape index (κ1) is 18.0. The highest BCUT2D eigenvalue weighted by Gasteiger charge is 2.28. The molecule has 4 rings (SSSR count). The lowest BCUT2D eigenvalue weighted by atomic mass is 9.95. The Morgan fingerprint density at radius 2 is 1.89 bits per heavy atom. The van der Waals surface area contributed by atoms with E-state index < -0.39 is 0 Å². The molecule has 1 saturated heterocycles. The molecule has 0 aromatic carbocycles. The summed E-state index contributed by atoms with van der Waals surface area (Å²) in [5.41, 5.74) is 1.21. The number of imidazole rings is 1. The van der Waals surface area contributed by atoms with Gasteiger partial charge >= 0.3 is 6.03 Å². The highest BCUT2D eigenvalue weighted by Crippen LogP contribution is 2.27. The molecule has 0 spiro atoms. The molecule has 1 aliphatic heterocycles. The average Bonchev–Trinajstić information content (AvgIpc) is 3.18. The van der Waals surface area contributed by atoms with Crippen molar-refractivity contribution in [3.05, 3.63) is 48.3 Å². The molecule has 2 aliphatic rings. The minimum atomic E-state index is 0.110. The summed E-state index contributed by atoms with van der Waals surface area (Å²) in [6, 6.07) is 4.54. The minimum Gasteiger partial charge on any atom is -0.335 e. The maximum atomic E-state index is 12.7. The standard InChI is InChI=1S/C21H29N5O/c27-21(24-19-6-2-1-3-7-19)26-13-4-5-18(16-26)20-23-12-14-25(20)15-17-8-10-22-11-9-17/h8-12,14,18-19H,1-7,13,15-16H2,(H,24,27)/t18-/m0/s1. The second-order valence-corrected chi connectivity index (χ2v) is 7.84. The number of hydrogen-bond donors (Lipinski definition) is 1. The zero-order valence-corrected chi connectivity index (χ0v) is 15.9. The quantitative estimate of drug-likeness (QED) is 0.899. The van der Waals surface area contributed by atoms with Crippen molar-refractivity contribution in [3.8, 4) is 0 Å². The third kappa shape index (κ3) is 4.49. The lowest BCUT2D eigenvalue weighted by Gasteiger charge is -2.34. The van der Waals surface area contributed by atoms with Crippen LogP contribution in [0.5, 0.6) is 0 Å². The number of urea groups is 1. The maximum Gasteiger partial charge on any atom is 0.317 e. The van der Waals surface area contributed by atoms with Crippen molar-refractivity contribution >= 4 is 6.03 Å². The third-order valence-electron chi connectivity index (χ3n) is 5.86. The molecule has 27 heavy (non-hydrogen) atoms. The summed E-state index contributed by atoms with van der Waals surface area (Å²) >= 11 is 0. The summed E-state index contributed by atoms with van der Waals surface area (Å²) in [6.45, 7) is 2.40. The Hall–Kier alpha value is -2.37. The van der Waals surface area contributed by atoms with E-state index in [1.807, 2.05) is 41.8 Å². The Kier molecular flexibility index (Phi) is 5.70. The van der Waals surface area contributed by atoms with Gasteiger partial charge in [0.1, 0.15) is 5.82 Å². The molecular formula is C21H29N5O. The predicted molar refractivity (Wildman–Crippen MR) is 105 cm³/mol. The first-order valence-electron chi connectivity index (χ1n) is 10.2. The monoisotopic (exact) mass is 367 g/mol. The van der Waals surface area contributed by atoms with Crippen LogP contribution in [0, 0.1) is 0 Å². The summed E-state index contributed by atoms with van der Waals surface area (Å²) in [5, 5.41) is 3.26. The fraction of sp³-hybridized carbons (Fsp3) is 0.571. The number of rotatable bonds is 4. The summed E-state index contributed by atoms with van der Waals surface area (Å²) in [6.07, 6.45) is 15.7. The van der Waals surface area contributed by atoms with Crippen LogP contribution in [0.1, 0.15) is 62.3 Å². The summed E-state index contributed by atoms with van der Waals surface area (Å²) < 4.78 is 2.21. The maximum absolute atomic E-state index is 12.7. The van der Waals surface area contributed by atoms with E-state index in [1.165, 1.54) is 24.8 Å². The number of nitrogens with zero attached hydrogens (tertiary/aromatic N) is 4. The number of piperidine rings is 1. The normalized spacial score (nSPS) is 21.2. The minimum absolute atomic E-state index is 0.110. The van der Waals surface area contributed by atoms with Gasteiger partial charge in [0, 0.05) is 56.4 Å². The van der Waals surface area contributed by atoms with Gasteiger partial charge in [-0.3, -0.25) is 4.98 Å². The molecule has 2 aromatic heterocycles. The van der Waals surface area contributed by atoms with Crippen molar-refractivity contribution in [2.75, 3.05) is 13.1 Å². The van der Waals surface area contributed by atoms with Crippen LogP contribution >= 0.6 is 0 Å². The smallest absolute Gasteiger partial charge is 0.317 e. The molecule has 3 heterocycles. The summed E-state index contributed by atoms with van der Waals surface area (Å²) in [5.74, 6) is 1.38. The molecule has 2 fully saturated rings. The summed E-state index contributed by atoms with van der Waals surface area (Å²) in [7, 11) is 0. The molecule has 6 heteroatoms. The van der Waals surface area contributed by atoms with Crippen molar-refractivity contribution in [3.63, 3.8) is 0 Å². The zero-order chi connectivity index (χ0) is 18.5. The van der Waals surface area contributed by atoms with Crippen molar-refractivity contribution in [1.82, 2.24) is 24.8 Å². The van der Waals surface area contributed by atoms with Crippen LogP contribution in [0.3, 0.4) is 0 Å². The molecule has 1 saturated carbocycles. The van der Waals surface area contributed by atoms with E-state index in [0.29, 0.717) is 12.0 Å². The molecule has 1 N–H and O–H groups in total. The van der Waals surface area contributed by atoms with E-state index in [9.17, 15) is 4.79 Å². The Labute approximate surface area is 161 Å². The van der Waals surface area contributed by atoms with Gasteiger partial charge in [0.25, 0.3) is 0 Å². The lowest BCUT2D eigenvalue weighted by Crippen LogP contribution is -2.48. The largest absolute Gasteiger partial charge is 0.335 e. The van der Waals surface area contributed by atoms with Crippen LogP contribution < -0.4 is 5.32 Å². The Bertz CT molecular complexity index is 738. The Morgan fingerprint density at radius 1 is 1.07 bits per heavy atom. The van der Waals surface area contributed by atoms with Gasteiger partial charge in [-0.15, -0.1) is 0 Å². The van der Waals surface area contributed by atoms with Crippen LogP contribution in [0.2, 0.25) is 0 Å². The molecule has 2 aromatic rings.